The van der Waals surface area contributed by atoms with Crippen LogP contribution in [-0.4, -0.2) is 41.1 Å². The molecule has 1 N–H and O–H groups in total. The van der Waals surface area contributed by atoms with E-state index in [4.69, 9.17) is 5.11 Å². The van der Waals surface area contributed by atoms with Crippen LogP contribution < -0.4 is 0 Å². The van der Waals surface area contributed by atoms with Gasteiger partial charge in [0.25, 0.3) is 0 Å². The molecule has 12 heavy (non-hydrogen) atoms. The van der Waals surface area contributed by atoms with Crippen LogP contribution in [0.15, 0.2) is 0 Å². The Kier molecular flexibility index (Phi) is 5.19. The van der Waals surface area contributed by atoms with Crippen molar-refractivity contribution in [3.63, 3.8) is 0 Å². The largest absolute Gasteiger partial charge is 0.395 e. The summed E-state index contributed by atoms with van der Waals surface area (Å²) < 4.78 is 0. The highest BCUT2D eigenvalue weighted by Gasteiger charge is 2.18. The Morgan fingerprint density at radius 2 is 2.17 bits per heavy atom. The average molecular weight is 236 g/mol. The van der Waals surface area contributed by atoms with Crippen LogP contribution in [0.4, 0.5) is 0 Å². The molecule has 0 aliphatic carbocycles. The highest BCUT2D eigenvalue weighted by Crippen LogP contribution is 2.16. The van der Waals surface area contributed by atoms with Crippen LogP contribution in [0.2, 0.25) is 0 Å². The fourth-order valence-corrected chi connectivity index (χ4v) is 2.30. The van der Waals surface area contributed by atoms with E-state index in [9.17, 15) is 0 Å². The maximum atomic E-state index is 9.16. The van der Waals surface area contributed by atoms with E-state index in [1.165, 1.54) is 25.7 Å². The molecular weight excluding hydrogens is 218 g/mol. The topological polar surface area (TPSA) is 23.5 Å². The molecule has 0 saturated carbocycles. The predicted molar refractivity (Wildman–Crippen MR) is 54.7 cm³/mol. The Morgan fingerprint density at radius 3 is 2.83 bits per heavy atom. The normalized spacial score (nSPS) is 27.0. The van der Waals surface area contributed by atoms with Crippen LogP contribution in [0, 0.1) is 0 Å². The van der Waals surface area contributed by atoms with Gasteiger partial charge < -0.3 is 5.11 Å². The molecule has 0 aromatic rings. The summed E-state index contributed by atoms with van der Waals surface area (Å²) in [4.78, 5) is 2.40. The summed E-state index contributed by atoms with van der Waals surface area (Å²) in [5, 5.41) is 10.2. The summed E-state index contributed by atoms with van der Waals surface area (Å²) in [6, 6.07) is 0.421. The van der Waals surface area contributed by atoms with Gasteiger partial charge in [0.05, 0.1) is 6.61 Å². The van der Waals surface area contributed by atoms with Crippen molar-refractivity contribution in [2.45, 2.75) is 31.7 Å². The molecule has 1 heterocycles. The molecule has 1 rings (SSSR count). The lowest BCUT2D eigenvalue weighted by Gasteiger charge is -2.27. The minimum Gasteiger partial charge on any atom is -0.395 e. The van der Waals surface area contributed by atoms with Crippen LogP contribution in [0.25, 0.3) is 0 Å². The molecule has 1 fully saturated rings. The molecule has 2 nitrogen and oxygen atoms in total. The molecule has 1 aliphatic heterocycles. The minimum absolute atomic E-state index is 0.326. The number of alkyl halides is 1. The molecule has 1 atom stereocenters. The second-order valence-corrected chi connectivity index (χ2v) is 4.20. The van der Waals surface area contributed by atoms with Gasteiger partial charge >= 0.3 is 0 Å². The van der Waals surface area contributed by atoms with E-state index in [2.05, 4.69) is 20.8 Å². The summed E-state index contributed by atoms with van der Waals surface area (Å²) in [7, 11) is 0. The number of hydrogen-bond acceptors (Lipinski definition) is 2. The van der Waals surface area contributed by atoms with Crippen molar-refractivity contribution in [3.8, 4) is 0 Å². The van der Waals surface area contributed by atoms with Crippen molar-refractivity contribution in [3.05, 3.63) is 0 Å². The first-order valence-electron chi connectivity index (χ1n) is 4.79. The number of nitrogens with zero attached hydrogens (tertiary/aromatic N) is 1. The van der Waals surface area contributed by atoms with Crippen LogP contribution >= 0.6 is 15.9 Å². The van der Waals surface area contributed by atoms with E-state index in [-0.39, 0.29) is 0 Å². The van der Waals surface area contributed by atoms with Crippen LogP contribution in [0.1, 0.15) is 25.7 Å². The fraction of sp³-hybridized carbons (Fsp3) is 1.00. The number of rotatable bonds is 3. The zero-order valence-corrected chi connectivity index (χ0v) is 9.09. The number of aliphatic hydroxyl groups excluding tert-OH is 1. The summed E-state index contributed by atoms with van der Waals surface area (Å²) in [6.07, 6.45) is 5.08. The molecule has 0 bridgehead atoms. The molecule has 0 radical (unpaired) electrons. The van der Waals surface area contributed by atoms with Gasteiger partial charge in [-0.25, -0.2) is 0 Å². The molecule has 1 unspecified atom stereocenters. The highest BCUT2D eigenvalue weighted by atomic mass is 79.9. The van der Waals surface area contributed by atoms with Crippen molar-refractivity contribution < 1.29 is 5.11 Å². The number of hydrogen-bond donors (Lipinski definition) is 1. The first-order chi connectivity index (χ1) is 5.88. The summed E-state index contributed by atoms with van der Waals surface area (Å²) >= 11 is 3.44. The quantitative estimate of drug-likeness (QED) is 0.752. The predicted octanol–water partition coefficient (Wildman–Crippen LogP) is 1.62. The van der Waals surface area contributed by atoms with E-state index in [0.717, 1.165) is 18.4 Å². The second kappa shape index (κ2) is 5.95. The molecule has 1 aliphatic rings. The van der Waals surface area contributed by atoms with E-state index in [1.807, 2.05) is 0 Å². The fourth-order valence-electron chi connectivity index (χ4n) is 1.85. The van der Waals surface area contributed by atoms with Crippen LogP contribution in [-0.2, 0) is 0 Å². The molecule has 3 heteroatoms. The van der Waals surface area contributed by atoms with Crippen molar-refractivity contribution in [1.29, 1.82) is 0 Å². The average Bonchev–Trinajstić information content (AvgIpc) is 2.30. The zero-order valence-electron chi connectivity index (χ0n) is 7.51. The third-order valence-corrected chi connectivity index (χ3v) is 2.94. The van der Waals surface area contributed by atoms with Gasteiger partial charge in [-0.05, 0) is 19.4 Å². The lowest BCUT2D eigenvalue weighted by atomic mass is 10.1. The molecule has 0 amide bonds. The van der Waals surface area contributed by atoms with E-state index in [1.54, 1.807) is 0 Å². The Balaban J connectivity index is 2.39. The number of likely N-dealkylation sites (tertiary alicyclic amines) is 1. The standard InChI is InChI=1S/C9H18BrNO/c10-5-7-11-6-3-1-2-4-9(11)8-12/h9,12H,1-8H2. The highest BCUT2D eigenvalue weighted by molar-refractivity contribution is 9.09. The Labute approximate surface area is 83.1 Å². The van der Waals surface area contributed by atoms with Crippen LogP contribution in [0.3, 0.4) is 0 Å². The lowest BCUT2D eigenvalue weighted by Crippen LogP contribution is -2.38. The zero-order chi connectivity index (χ0) is 8.81. The first-order valence-corrected chi connectivity index (χ1v) is 5.91. The summed E-state index contributed by atoms with van der Waals surface area (Å²) in [5.41, 5.74) is 0. The van der Waals surface area contributed by atoms with E-state index >= 15 is 0 Å². The van der Waals surface area contributed by atoms with Crippen molar-refractivity contribution >= 4 is 15.9 Å². The maximum Gasteiger partial charge on any atom is 0.0586 e. The van der Waals surface area contributed by atoms with Crippen LogP contribution in [0.5, 0.6) is 0 Å². The van der Waals surface area contributed by atoms with Gasteiger partial charge in [0.1, 0.15) is 0 Å². The summed E-state index contributed by atoms with van der Waals surface area (Å²) in [5.74, 6) is 0. The molecule has 0 aromatic carbocycles. The monoisotopic (exact) mass is 235 g/mol. The Hall–Kier alpha value is 0.400. The maximum absolute atomic E-state index is 9.16. The van der Waals surface area contributed by atoms with Gasteiger partial charge in [-0.3, -0.25) is 4.90 Å². The van der Waals surface area contributed by atoms with Gasteiger partial charge in [0.15, 0.2) is 0 Å². The van der Waals surface area contributed by atoms with Gasteiger partial charge in [-0.1, -0.05) is 28.8 Å². The smallest absolute Gasteiger partial charge is 0.0586 e. The molecule has 0 spiro atoms. The lowest BCUT2D eigenvalue weighted by molar-refractivity contribution is 0.131. The first kappa shape index (κ1) is 10.5. The minimum atomic E-state index is 0.326. The van der Waals surface area contributed by atoms with Crippen molar-refractivity contribution in [2.24, 2.45) is 0 Å². The number of aliphatic hydroxyl groups is 1. The van der Waals surface area contributed by atoms with Gasteiger partial charge in [-0.15, -0.1) is 0 Å². The van der Waals surface area contributed by atoms with E-state index in [0.29, 0.717) is 12.6 Å². The third kappa shape index (κ3) is 3.04. The van der Waals surface area contributed by atoms with Gasteiger partial charge in [-0.2, -0.15) is 0 Å². The van der Waals surface area contributed by atoms with Gasteiger partial charge in [0, 0.05) is 17.9 Å². The Morgan fingerprint density at radius 1 is 1.33 bits per heavy atom. The van der Waals surface area contributed by atoms with Crippen molar-refractivity contribution in [2.75, 3.05) is 25.0 Å². The van der Waals surface area contributed by atoms with Crippen molar-refractivity contribution in [1.82, 2.24) is 4.90 Å². The number of halogens is 1. The van der Waals surface area contributed by atoms with E-state index < -0.39 is 0 Å². The molecule has 1 saturated heterocycles. The Bertz CT molecular complexity index is 121. The molecular formula is C9H18BrNO. The molecule has 72 valence electrons. The third-order valence-electron chi connectivity index (χ3n) is 2.58. The summed E-state index contributed by atoms with van der Waals surface area (Å²) in [6.45, 7) is 2.56. The van der Waals surface area contributed by atoms with Gasteiger partial charge in [0.2, 0.25) is 0 Å². The SMILES string of the molecule is OCC1CCCCCN1CCBr. The second-order valence-electron chi connectivity index (χ2n) is 3.41. The molecule has 0 aromatic heterocycles.